The molecule has 1 aromatic heterocycles. The molecule has 2 rings (SSSR count). The molecule has 0 saturated carbocycles. The zero-order chi connectivity index (χ0) is 15.1. The van der Waals surface area contributed by atoms with E-state index in [0.717, 1.165) is 38.2 Å². The highest BCUT2D eigenvalue weighted by Gasteiger charge is 2.18. The highest BCUT2D eigenvalue weighted by molar-refractivity contribution is 7.98. The summed E-state index contributed by atoms with van der Waals surface area (Å²) in [6, 6.07) is 3.54. The van der Waals surface area contributed by atoms with Crippen LogP contribution in [-0.2, 0) is 17.1 Å². The fourth-order valence-electron chi connectivity index (χ4n) is 2.29. The van der Waals surface area contributed by atoms with Gasteiger partial charge in [0.1, 0.15) is 11.5 Å². The highest BCUT2D eigenvalue weighted by Crippen LogP contribution is 2.21. The summed E-state index contributed by atoms with van der Waals surface area (Å²) >= 11 is 0.559. The molecule has 1 saturated heterocycles. The molecular formula is C14H20F2N2O2S. The van der Waals surface area contributed by atoms with Gasteiger partial charge in [-0.3, -0.25) is 4.79 Å². The van der Waals surface area contributed by atoms with Crippen LogP contribution in [0, 0.1) is 0 Å². The number of furan rings is 1. The van der Waals surface area contributed by atoms with Gasteiger partial charge in [0.25, 0.3) is 5.76 Å². The van der Waals surface area contributed by atoms with E-state index >= 15 is 0 Å². The predicted molar refractivity (Wildman–Crippen MR) is 78.1 cm³/mol. The van der Waals surface area contributed by atoms with Crippen molar-refractivity contribution in [1.29, 1.82) is 0 Å². The summed E-state index contributed by atoms with van der Waals surface area (Å²) in [5.41, 5.74) is 0. The molecule has 0 aliphatic carbocycles. The summed E-state index contributed by atoms with van der Waals surface area (Å²) in [6.45, 7) is 3.04. The Hall–Kier alpha value is -1.08. The Morgan fingerprint density at radius 3 is 2.90 bits per heavy atom. The van der Waals surface area contributed by atoms with E-state index in [-0.39, 0.29) is 11.7 Å². The molecule has 1 aliphatic rings. The fraction of sp³-hybridized carbons (Fsp3) is 0.643. The number of likely N-dealkylation sites (tertiary alicyclic amines) is 1. The van der Waals surface area contributed by atoms with Crippen LogP contribution in [0.25, 0.3) is 0 Å². The molecule has 0 atom stereocenters. The van der Waals surface area contributed by atoms with Crippen LogP contribution < -0.4 is 5.32 Å². The average Bonchev–Trinajstić information content (AvgIpc) is 3.06. The number of alkyl halides is 2. The lowest BCUT2D eigenvalue weighted by Crippen LogP contribution is -2.28. The van der Waals surface area contributed by atoms with Crippen molar-refractivity contribution in [2.75, 3.05) is 19.6 Å². The summed E-state index contributed by atoms with van der Waals surface area (Å²) < 4.78 is 29.6. The van der Waals surface area contributed by atoms with E-state index < -0.39 is 5.76 Å². The average molecular weight is 318 g/mol. The third kappa shape index (κ3) is 5.67. The van der Waals surface area contributed by atoms with Crippen LogP contribution in [0.15, 0.2) is 16.5 Å². The van der Waals surface area contributed by atoms with E-state index in [1.807, 2.05) is 4.90 Å². The number of hydrogen-bond donors (Lipinski definition) is 1. The van der Waals surface area contributed by atoms with Crippen molar-refractivity contribution in [2.24, 2.45) is 0 Å². The Morgan fingerprint density at radius 2 is 2.19 bits per heavy atom. The van der Waals surface area contributed by atoms with Gasteiger partial charge in [-0.05, 0) is 31.5 Å². The van der Waals surface area contributed by atoms with E-state index in [1.54, 1.807) is 12.1 Å². The highest BCUT2D eigenvalue weighted by atomic mass is 32.2. The minimum Gasteiger partial charge on any atom is -0.464 e. The zero-order valence-electron chi connectivity index (χ0n) is 11.8. The molecule has 0 unspecified atom stereocenters. The van der Waals surface area contributed by atoms with Gasteiger partial charge in [0, 0.05) is 19.5 Å². The number of halogens is 2. The van der Waals surface area contributed by atoms with E-state index in [4.69, 9.17) is 4.42 Å². The van der Waals surface area contributed by atoms with Crippen LogP contribution >= 0.6 is 11.8 Å². The zero-order valence-corrected chi connectivity index (χ0v) is 12.6. The molecule has 118 valence electrons. The van der Waals surface area contributed by atoms with Crippen LogP contribution in [-0.4, -0.2) is 36.2 Å². The number of rotatable bonds is 9. The molecular weight excluding hydrogens is 298 g/mol. The van der Waals surface area contributed by atoms with Crippen molar-refractivity contribution < 1.29 is 18.0 Å². The first-order chi connectivity index (χ1) is 10.1. The lowest BCUT2D eigenvalue weighted by molar-refractivity contribution is -0.127. The van der Waals surface area contributed by atoms with Gasteiger partial charge in [0.15, 0.2) is 0 Å². The third-order valence-corrected chi connectivity index (χ3v) is 4.02. The second-order valence-corrected chi connectivity index (χ2v) is 5.93. The van der Waals surface area contributed by atoms with Gasteiger partial charge in [-0.15, -0.1) is 0 Å². The maximum Gasteiger partial charge on any atom is 0.284 e. The second-order valence-electron chi connectivity index (χ2n) is 4.95. The first kappa shape index (κ1) is 16.3. The van der Waals surface area contributed by atoms with E-state index in [0.29, 0.717) is 30.5 Å². The summed E-state index contributed by atoms with van der Waals surface area (Å²) in [5.74, 6) is -0.613. The minimum atomic E-state index is -2.37. The molecule has 1 fully saturated rings. The standard InChI is InChI=1S/C14H20F2N2O2S/c15-14(16)21-10-12-5-4-11(20-12)9-17-6-2-8-18-7-1-3-13(18)19/h4-5,14,17H,1-3,6-10H2. The summed E-state index contributed by atoms with van der Waals surface area (Å²) in [5, 5.41) is 3.23. The molecule has 21 heavy (non-hydrogen) atoms. The summed E-state index contributed by atoms with van der Waals surface area (Å²) in [6.07, 6.45) is 2.55. The van der Waals surface area contributed by atoms with Crippen molar-refractivity contribution in [3.05, 3.63) is 23.7 Å². The third-order valence-electron chi connectivity index (χ3n) is 3.32. The van der Waals surface area contributed by atoms with Gasteiger partial charge >= 0.3 is 0 Å². The monoisotopic (exact) mass is 318 g/mol. The molecule has 1 aromatic rings. The van der Waals surface area contributed by atoms with Gasteiger partial charge in [-0.2, -0.15) is 8.78 Å². The smallest absolute Gasteiger partial charge is 0.284 e. The molecule has 0 spiro atoms. The first-order valence-electron chi connectivity index (χ1n) is 7.11. The van der Waals surface area contributed by atoms with Gasteiger partial charge in [-0.25, -0.2) is 0 Å². The second kappa shape index (κ2) is 8.38. The van der Waals surface area contributed by atoms with Crippen LogP contribution in [0.3, 0.4) is 0 Å². The number of hydrogen-bond acceptors (Lipinski definition) is 4. The normalized spacial score (nSPS) is 15.4. The molecule has 1 aliphatic heterocycles. The molecule has 0 bridgehead atoms. The van der Waals surface area contributed by atoms with Crippen molar-refractivity contribution in [3.8, 4) is 0 Å². The quantitative estimate of drug-likeness (QED) is 0.711. The lowest BCUT2D eigenvalue weighted by atomic mass is 10.3. The number of carbonyl (C=O) groups is 1. The topological polar surface area (TPSA) is 45.5 Å². The Balaban J connectivity index is 1.57. The van der Waals surface area contributed by atoms with Crippen molar-refractivity contribution in [1.82, 2.24) is 10.2 Å². The van der Waals surface area contributed by atoms with E-state index in [1.165, 1.54) is 0 Å². The van der Waals surface area contributed by atoms with E-state index in [2.05, 4.69) is 5.32 Å². The van der Waals surface area contributed by atoms with Gasteiger partial charge < -0.3 is 14.6 Å². The maximum atomic E-state index is 12.1. The molecule has 1 amide bonds. The molecule has 1 N–H and O–H groups in total. The molecule has 4 nitrogen and oxygen atoms in total. The van der Waals surface area contributed by atoms with Crippen LogP contribution in [0.1, 0.15) is 30.8 Å². The summed E-state index contributed by atoms with van der Waals surface area (Å²) in [7, 11) is 0. The largest absolute Gasteiger partial charge is 0.464 e. The van der Waals surface area contributed by atoms with Crippen LogP contribution in [0.4, 0.5) is 8.78 Å². The maximum absolute atomic E-state index is 12.1. The first-order valence-corrected chi connectivity index (χ1v) is 8.16. The lowest BCUT2D eigenvalue weighted by Gasteiger charge is -2.14. The molecule has 0 radical (unpaired) electrons. The van der Waals surface area contributed by atoms with Crippen LogP contribution in [0.2, 0.25) is 0 Å². The van der Waals surface area contributed by atoms with Crippen molar-refractivity contribution in [3.63, 3.8) is 0 Å². The van der Waals surface area contributed by atoms with Gasteiger partial charge in [-0.1, -0.05) is 11.8 Å². The number of nitrogens with one attached hydrogen (secondary N) is 1. The SMILES string of the molecule is O=C1CCCN1CCCNCc1ccc(CSC(F)F)o1. The Bertz CT molecular complexity index is 454. The van der Waals surface area contributed by atoms with Crippen molar-refractivity contribution in [2.45, 2.75) is 37.3 Å². The summed E-state index contributed by atoms with van der Waals surface area (Å²) in [4.78, 5) is 13.3. The van der Waals surface area contributed by atoms with Crippen LogP contribution in [0.5, 0.6) is 0 Å². The van der Waals surface area contributed by atoms with Crippen molar-refractivity contribution >= 4 is 17.7 Å². The predicted octanol–water partition coefficient (Wildman–Crippen LogP) is 2.84. The molecule has 2 heterocycles. The Labute approximate surface area is 127 Å². The molecule has 7 heteroatoms. The van der Waals surface area contributed by atoms with E-state index in [9.17, 15) is 13.6 Å². The Morgan fingerprint density at radius 1 is 1.38 bits per heavy atom. The minimum absolute atomic E-state index is 0.189. The molecule has 0 aromatic carbocycles. The Kier molecular flexibility index (Phi) is 6.50. The number of thioether (sulfide) groups is 1. The number of amides is 1. The fourth-order valence-corrected chi connectivity index (χ4v) is 2.73. The van der Waals surface area contributed by atoms with Gasteiger partial charge in [0.2, 0.25) is 5.91 Å². The van der Waals surface area contributed by atoms with Gasteiger partial charge in [0.05, 0.1) is 12.3 Å². The number of nitrogens with zero attached hydrogens (tertiary/aromatic N) is 1. The number of carbonyl (C=O) groups excluding carboxylic acids is 1.